The van der Waals surface area contributed by atoms with Crippen molar-refractivity contribution >= 4 is 15.9 Å². The normalized spacial score (nSPS) is 17.9. The van der Waals surface area contributed by atoms with Crippen molar-refractivity contribution in [2.24, 2.45) is 0 Å². The lowest BCUT2D eigenvalue weighted by molar-refractivity contribution is -0.122. The van der Waals surface area contributed by atoms with E-state index in [-0.39, 0.29) is 11.9 Å². The van der Waals surface area contributed by atoms with Gasteiger partial charge in [0, 0.05) is 25.7 Å². The fourth-order valence-electron chi connectivity index (χ4n) is 2.03. The molecule has 0 saturated carbocycles. The Balaban J connectivity index is 2.23. The number of nitrogens with one attached hydrogen (secondary N) is 2. The molecule has 1 fully saturated rings. The maximum atomic E-state index is 11.5. The Labute approximate surface area is 114 Å². The molecule has 7 nitrogen and oxygen atoms in total. The van der Waals surface area contributed by atoms with Gasteiger partial charge < -0.3 is 5.32 Å². The molecule has 0 bridgehead atoms. The number of hydrogen-bond donors (Lipinski definition) is 2. The smallest absolute Gasteiger partial charge is 0.234 e. The van der Waals surface area contributed by atoms with Gasteiger partial charge in [-0.2, -0.15) is 5.26 Å². The molecule has 19 heavy (non-hydrogen) atoms. The van der Waals surface area contributed by atoms with Crippen LogP contribution in [0.5, 0.6) is 0 Å². The molecule has 0 atom stereocenters. The van der Waals surface area contributed by atoms with E-state index in [9.17, 15) is 13.2 Å². The maximum absolute atomic E-state index is 11.5. The number of likely N-dealkylation sites (tertiary alicyclic amines) is 1. The summed E-state index contributed by atoms with van der Waals surface area (Å²) in [5.41, 5.74) is 0. The monoisotopic (exact) mass is 288 g/mol. The molecule has 1 aliphatic rings. The summed E-state index contributed by atoms with van der Waals surface area (Å²) in [6, 6.07) is 1.93. The summed E-state index contributed by atoms with van der Waals surface area (Å²) in [6.07, 6.45) is 2.88. The minimum Gasteiger partial charge on any atom is -0.354 e. The molecule has 1 saturated heterocycles. The van der Waals surface area contributed by atoms with Gasteiger partial charge in [-0.1, -0.05) is 0 Å². The van der Waals surface area contributed by atoms with Gasteiger partial charge in [-0.05, 0) is 12.8 Å². The highest BCUT2D eigenvalue weighted by molar-refractivity contribution is 7.88. The molecule has 0 unspecified atom stereocenters. The number of nitrogens with zero attached hydrogens (tertiary/aromatic N) is 2. The third kappa shape index (κ3) is 7.10. The highest BCUT2D eigenvalue weighted by Gasteiger charge is 2.22. The summed E-state index contributed by atoms with van der Waals surface area (Å²) in [7, 11) is -3.16. The molecular formula is C11H20N4O3S. The number of carbonyl (C=O) groups is 1. The Morgan fingerprint density at radius 2 is 2.05 bits per heavy atom. The van der Waals surface area contributed by atoms with E-state index in [4.69, 9.17) is 5.26 Å². The second-order valence-electron chi connectivity index (χ2n) is 4.70. The molecule has 0 radical (unpaired) electrons. The predicted octanol–water partition coefficient (Wildman–Crippen LogP) is -0.970. The van der Waals surface area contributed by atoms with Crippen LogP contribution in [0.25, 0.3) is 0 Å². The van der Waals surface area contributed by atoms with Crippen LogP contribution in [0.1, 0.15) is 19.3 Å². The van der Waals surface area contributed by atoms with Crippen LogP contribution >= 0.6 is 0 Å². The summed E-state index contributed by atoms with van der Waals surface area (Å²) in [5.74, 6) is -0.0928. The van der Waals surface area contributed by atoms with Gasteiger partial charge in [0.2, 0.25) is 15.9 Å². The van der Waals surface area contributed by atoms with E-state index < -0.39 is 10.0 Å². The van der Waals surface area contributed by atoms with Crippen LogP contribution in [0.4, 0.5) is 0 Å². The molecule has 0 aromatic carbocycles. The quantitative estimate of drug-likeness (QED) is 0.612. The summed E-state index contributed by atoms with van der Waals surface area (Å²) >= 11 is 0. The summed E-state index contributed by atoms with van der Waals surface area (Å²) in [4.78, 5) is 13.5. The molecule has 108 valence electrons. The number of sulfonamides is 1. The van der Waals surface area contributed by atoms with E-state index in [0.29, 0.717) is 45.4 Å². The minimum atomic E-state index is -3.16. The topological polar surface area (TPSA) is 102 Å². The average Bonchev–Trinajstić information content (AvgIpc) is 2.30. The van der Waals surface area contributed by atoms with Gasteiger partial charge >= 0.3 is 0 Å². The predicted molar refractivity (Wildman–Crippen MR) is 70.7 cm³/mol. The lowest BCUT2D eigenvalue weighted by Crippen LogP contribution is -2.47. The first-order valence-corrected chi connectivity index (χ1v) is 8.13. The van der Waals surface area contributed by atoms with Crippen molar-refractivity contribution < 1.29 is 13.2 Å². The van der Waals surface area contributed by atoms with Crippen molar-refractivity contribution in [2.45, 2.75) is 25.3 Å². The fraction of sp³-hybridized carbons (Fsp3) is 0.818. The zero-order valence-corrected chi connectivity index (χ0v) is 11.9. The van der Waals surface area contributed by atoms with Crippen molar-refractivity contribution in [1.29, 1.82) is 5.26 Å². The Kier molecular flexibility index (Phi) is 6.21. The van der Waals surface area contributed by atoms with Gasteiger partial charge in [-0.25, -0.2) is 13.1 Å². The molecule has 0 spiro atoms. The number of hydrogen-bond acceptors (Lipinski definition) is 5. The van der Waals surface area contributed by atoms with Crippen molar-refractivity contribution in [1.82, 2.24) is 14.9 Å². The molecule has 2 N–H and O–H groups in total. The Hall–Kier alpha value is -1.17. The molecule has 1 heterocycles. The van der Waals surface area contributed by atoms with Crippen LogP contribution in [-0.2, 0) is 14.8 Å². The zero-order valence-electron chi connectivity index (χ0n) is 11.1. The zero-order chi connectivity index (χ0) is 14.3. The first-order valence-electron chi connectivity index (χ1n) is 6.24. The van der Waals surface area contributed by atoms with Crippen LogP contribution in [-0.4, -0.2) is 57.7 Å². The molecule has 1 amide bonds. The van der Waals surface area contributed by atoms with Crippen molar-refractivity contribution in [3.8, 4) is 6.07 Å². The van der Waals surface area contributed by atoms with Crippen molar-refractivity contribution in [2.75, 3.05) is 32.4 Å². The van der Waals surface area contributed by atoms with Crippen LogP contribution in [0.2, 0.25) is 0 Å². The Morgan fingerprint density at radius 3 is 2.58 bits per heavy atom. The van der Waals surface area contributed by atoms with Crippen LogP contribution in [0.15, 0.2) is 0 Å². The molecule has 0 aliphatic carbocycles. The number of rotatable bonds is 6. The molecular weight excluding hydrogens is 268 g/mol. The maximum Gasteiger partial charge on any atom is 0.234 e. The van der Waals surface area contributed by atoms with Crippen LogP contribution in [0.3, 0.4) is 0 Å². The van der Waals surface area contributed by atoms with E-state index in [0.717, 1.165) is 6.26 Å². The van der Waals surface area contributed by atoms with Gasteiger partial charge in [0.15, 0.2) is 0 Å². The van der Waals surface area contributed by atoms with E-state index in [1.165, 1.54) is 0 Å². The summed E-state index contributed by atoms with van der Waals surface area (Å²) in [5, 5.41) is 11.0. The van der Waals surface area contributed by atoms with E-state index in [1.807, 2.05) is 11.0 Å². The SMILES string of the molecule is CS(=O)(=O)NC1CCN(CC(=O)NCCC#N)CC1. The van der Waals surface area contributed by atoms with Crippen LogP contribution < -0.4 is 10.0 Å². The Morgan fingerprint density at radius 1 is 1.42 bits per heavy atom. The number of carbonyl (C=O) groups excluding carboxylic acids is 1. The van der Waals surface area contributed by atoms with E-state index in [2.05, 4.69) is 10.0 Å². The minimum absolute atomic E-state index is 0.0344. The number of nitriles is 1. The van der Waals surface area contributed by atoms with Crippen LogP contribution in [0, 0.1) is 11.3 Å². The average molecular weight is 288 g/mol. The second-order valence-corrected chi connectivity index (χ2v) is 6.48. The molecule has 1 rings (SSSR count). The Bertz CT molecular complexity index is 435. The van der Waals surface area contributed by atoms with E-state index in [1.54, 1.807) is 0 Å². The first kappa shape index (κ1) is 15.9. The summed E-state index contributed by atoms with van der Waals surface area (Å²) < 4.78 is 24.8. The molecule has 1 aliphatic heterocycles. The first-order chi connectivity index (χ1) is 8.90. The van der Waals surface area contributed by atoms with Gasteiger partial charge in [-0.3, -0.25) is 9.69 Å². The second kappa shape index (κ2) is 7.43. The molecule has 8 heteroatoms. The highest BCUT2D eigenvalue weighted by atomic mass is 32.2. The van der Waals surface area contributed by atoms with Crippen molar-refractivity contribution in [3.05, 3.63) is 0 Å². The third-order valence-corrected chi connectivity index (χ3v) is 3.66. The lowest BCUT2D eigenvalue weighted by Gasteiger charge is -2.31. The highest BCUT2D eigenvalue weighted by Crippen LogP contribution is 2.10. The third-order valence-electron chi connectivity index (χ3n) is 2.89. The standard InChI is InChI=1S/C11H20N4O3S/c1-19(17,18)14-10-3-7-15(8-4-10)9-11(16)13-6-2-5-12/h10,14H,2-4,6-9H2,1H3,(H,13,16). The summed E-state index contributed by atoms with van der Waals surface area (Å²) in [6.45, 7) is 2.07. The van der Waals surface area contributed by atoms with Crippen molar-refractivity contribution in [3.63, 3.8) is 0 Å². The fourth-order valence-corrected chi connectivity index (χ4v) is 2.87. The number of amides is 1. The largest absolute Gasteiger partial charge is 0.354 e. The van der Waals surface area contributed by atoms with Gasteiger partial charge in [-0.15, -0.1) is 0 Å². The van der Waals surface area contributed by atoms with Gasteiger partial charge in [0.05, 0.1) is 25.3 Å². The van der Waals surface area contributed by atoms with E-state index >= 15 is 0 Å². The molecule has 0 aromatic rings. The van der Waals surface area contributed by atoms with Gasteiger partial charge in [0.1, 0.15) is 0 Å². The molecule has 0 aromatic heterocycles. The lowest BCUT2D eigenvalue weighted by atomic mass is 10.1. The van der Waals surface area contributed by atoms with Gasteiger partial charge in [0.25, 0.3) is 0 Å². The number of piperidine rings is 1.